The predicted molar refractivity (Wildman–Crippen MR) is 105 cm³/mol. The quantitative estimate of drug-likeness (QED) is 0.683. The van der Waals surface area contributed by atoms with E-state index in [1.165, 1.54) is 12.1 Å². The molecule has 7 heteroatoms. The highest BCUT2D eigenvalue weighted by atomic mass is 19.1. The number of hydrogen-bond donors (Lipinski definition) is 1. The molecule has 6 nitrogen and oxygen atoms in total. The first kappa shape index (κ1) is 19.7. The number of carbonyl (C=O) groups is 1. The van der Waals surface area contributed by atoms with E-state index >= 15 is 0 Å². The Kier molecular flexibility index (Phi) is 6.16. The molecule has 2 aromatic heterocycles. The normalized spacial score (nSPS) is 12.2. The van der Waals surface area contributed by atoms with Gasteiger partial charge in [-0.1, -0.05) is 6.07 Å². The molecule has 0 unspecified atom stereocenters. The van der Waals surface area contributed by atoms with Gasteiger partial charge in [-0.15, -0.1) is 0 Å². The standard InChI is InChI=1S/C21H24FN5O/c1-15(25-21(28)14-26(3)13-17-7-9-23-10-8-17)20-12-24-27(16(20)2)19-6-4-5-18(22)11-19/h4-12,15H,13-14H2,1-3H3,(H,25,28)/t15-/m1/s1. The van der Waals surface area contributed by atoms with Gasteiger partial charge in [0, 0.05) is 30.2 Å². The summed E-state index contributed by atoms with van der Waals surface area (Å²) >= 11 is 0. The van der Waals surface area contributed by atoms with E-state index in [9.17, 15) is 9.18 Å². The Balaban J connectivity index is 1.61. The van der Waals surface area contributed by atoms with E-state index in [1.807, 2.05) is 37.9 Å². The Labute approximate surface area is 164 Å². The number of halogens is 1. The summed E-state index contributed by atoms with van der Waals surface area (Å²) in [6, 6.07) is 9.93. The van der Waals surface area contributed by atoms with E-state index in [2.05, 4.69) is 15.4 Å². The van der Waals surface area contributed by atoms with Gasteiger partial charge in [-0.25, -0.2) is 9.07 Å². The summed E-state index contributed by atoms with van der Waals surface area (Å²) in [7, 11) is 1.90. The fourth-order valence-electron chi connectivity index (χ4n) is 3.18. The first-order valence-corrected chi connectivity index (χ1v) is 9.11. The topological polar surface area (TPSA) is 63.1 Å². The van der Waals surface area contributed by atoms with Crippen LogP contribution in [-0.4, -0.2) is 39.2 Å². The Bertz CT molecular complexity index is 941. The van der Waals surface area contributed by atoms with Crippen molar-refractivity contribution in [1.82, 2.24) is 25.0 Å². The summed E-state index contributed by atoms with van der Waals surface area (Å²) in [4.78, 5) is 18.4. The lowest BCUT2D eigenvalue weighted by Crippen LogP contribution is -2.36. The summed E-state index contributed by atoms with van der Waals surface area (Å²) < 4.78 is 15.2. The SMILES string of the molecule is Cc1c([C@@H](C)NC(=O)CN(C)Cc2ccncc2)cnn1-c1cccc(F)c1. The molecule has 0 spiro atoms. The zero-order chi connectivity index (χ0) is 20.1. The molecule has 0 aliphatic rings. The second-order valence-electron chi connectivity index (χ2n) is 6.89. The molecular formula is C21H24FN5O. The van der Waals surface area contributed by atoms with Crippen molar-refractivity contribution in [2.45, 2.75) is 26.4 Å². The number of nitrogens with one attached hydrogen (secondary N) is 1. The van der Waals surface area contributed by atoms with Crippen LogP contribution in [0.4, 0.5) is 4.39 Å². The Morgan fingerprint density at radius 2 is 2.04 bits per heavy atom. The number of pyridine rings is 1. The molecule has 0 saturated heterocycles. The molecule has 1 aromatic carbocycles. The first-order chi connectivity index (χ1) is 13.4. The molecule has 0 aliphatic heterocycles. The van der Waals surface area contributed by atoms with Crippen LogP contribution in [0.15, 0.2) is 55.0 Å². The minimum atomic E-state index is -0.312. The molecule has 146 valence electrons. The van der Waals surface area contributed by atoms with E-state index in [0.717, 1.165) is 16.8 Å². The van der Waals surface area contributed by atoms with Crippen molar-refractivity contribution in [2.75, 3.05) is 13.6 Å². The van der Waals surface area contributed by atoms with Gasteiger partial charge in [0.1, 0.15) is 5.82 Å². The van der Waals surface area contributed by atoms with Gasteiger partial charge in [0.15, 0.2) is 0 Å². The van der Waals surface area contributed by atoms with Crippen molar-refractivity contribution >= 4 is 5.91 Å². The van der Waals surface area contributed by atoms with Crippen molar-refractivity contribution in [1.29, 1.82) is 0 Å². The third kappa shape index (κ3) is 4.80. The van der Waals surface area contributed by atoms with Gasteiger partial charge < -0.3 is 5.32 Å². The predicted octanol–water partition coefficient (Wildman–Crippen LogP) is 3.02. The number of hydrogen-bond acceptors (Lipinski definition) is 4. The van der Waals surface area contributed by atoms with Crippen molar-refractivity contribution in [3.8, 4) is 5.69 Å². The number of rotatable bonds is 7. The Morgan fingerprint density at radius 1 is 1.29 bits per heavy atom. The number of carbonyl (C=O) groups excluding carboxylic acids is 1. The largest absolute Gasteiger partial charge is 0.348 e. The van der Waals surface area contributed by atoms with Gasteiger partial charge >= 0.3 is 0 Å². The molecule has 3 aromatic rings. The maximum absolute atomic E-state index is 13.5. The van der Waals surface area contributed by atoms with E-state index in [-0.39, 0.29) is 24.3 Å². The summed E-state index contributed by atoms with van der Waals surface area (Å²) in [6.07, 6.45) is 5.20. The molecule has 0 aliphatic carbocycles. The molecule has 28 heavy (non-hydrogen) atoms. The fourth-order valence-corrected chi connectivity index (χ4v) is 3.18. The van der Waals surface area contributed by atoms with Gasteiger partial charge in [0.25, 0.3) is 0 Å². The Hall–Kier alpha value is -3.06. The average Bonchev–Trinajstić information content (AvgIpc) is 3.04. The van der Waals surface area contributed by atoms with Gasteiger partial charge in [-0.3, -0.25) is 14.7 Å². The lowest BCUT2D eigenvalue weighted by molar-refractivity contribution is -0.122. The van der Waals surface area contributed by atoms with Crippen LogP contribution in [0.25, 0.3) is 5.69 Å². The third-order valence-corrected chi connectivity index (χ3v) is 4.56. The molecule has 3 rings (SSSR count). The monoisotopic (exact) mass is 381 g/mol. The molecular weight excluding hydrogens is 357 g/mol. The Morgan fingerprint density at radius 3 is 2.75 bits per heavy atom. The number of likely N-dealkylation sites (N-methyl/N-ethyl adjacent to an activating group) is 1. The van der Waals surface area contributed by atoms with Crippen LogP contribution in [0.3, 0.4) is 0 Å². The highest BCUT2D eigenvalue weighted by Crippen LogP contribution is 2.20. The van der Waals surface area contributed by atoms with Crippen molar-refractivity contribution in [3.05, 3.63) is 77.6 Å². The van der Waals surface area contributed by atoms with Crippen LogP contribution in [0.2, 0.25) is 0 Å². The van der Waals surface area contributed by atoms with Gasteiger partial charge in [-0.05, 0) is 56.8 Å². The number of benzene rings is 1. The van der Waals surface area contributed by atoms with Crippen LogP contribution in [0, 0.1) is 12.7 Å². The van der Waals surface area contributed by atoms with Gasteiger partial charge in [0.2, 0.25) is 5.91 Å². The highest BCUT2D eigenvalue weighted by molar-refractivity contribution is 5.78. The van der Waals surface area contributed by atoms with Crippen LogP contribution >= 0.6 is 0 Å². The number of amides is 1. The smallest absolute Gasteiger partial charge is 0.234 e. The average molecular weight is 381 g/mol. The summed E-state index contributed by atoms with van der Waals surface area (Å²) in [5.74, 6) is -0.380. The zero-order valence-corrected chi connectivity index (χ0v) is 16.3. The lowest BCUT2D eigenvalue weighted by Gasteiger charge is -2.19. The van der Waals surface area contributed by atoms with E-state index < -0.39 is 0 Å². The molecule has 0 saturated carbocycles. The minimum absolute atomic E-state index is 0.0676. The van der Waals surface area contributed by atoms with Crippen LogP contribution in [0.1, 0.15) is 29.8 Å². The van der Waals surface area contributed by atoms with Gasteiger partial charge in [0.05, 0.1) is 24.5 Å². The second-order valence-corrected chi connectivity index (χ2v) is 6.89. The molecule has 0 radical (unpaired) electrons. The van der Waals surface area contributed by atoms with E-state index in [4.69, 9.17) is 0 Å². The fraction of sp³-hybridized carbons (Fsp3) is 0.286. The molecule has 2 heterocycles. The minimum Gasteiger partial charge on any atom is -0.348 e. The molecule has 0 fully saturated rings. The van der Waals surface area contributed by atoms with E-state index in [0.29, 0.717) is 12.2 Å². The van der Waals surface area contributed by atoms with Gasteiger partial charge in [-0.2, -0.15) is 5.10 Å². The van der Waals surface area contributed by atoms with Crippen LogP contribution in [0.5, 0.6) is 0 Å². The summed E-state index contributed by atoms with van der Waals surface area (Å²) in [5, 5.41) is 7.36. The third-order valence-electron chi connectivity index (χ3n) is 4.56. The maximum atomic E-state index is 13.5. The number of nitrogens with zero attached hydrogens (tertiary/aromatic N) is 4. The number of aromatic nitrogens is 3. The van der Waals surface area contributed by atoms with Crippen molar-refractivity contribution in [3.63, 3.8) is 0 Å². The van der Waals surface area contributed by atoms with Crippen molar-refractivity contribution in [2.24, 2.45) is 0 Å². The summed E-state index contributed by atoms with van der Waals surface area (Å²) in [5.41, 5.74) is 3.52. The maximum Gasteiger partial charge on any atom is 0.234 e. The lowest BCUT2D eigenvalue weighted by atomic mass is 10.1. The first-order valence-electron chi connectivity index (χ1n) is 9.11. The molecule has 0 bridgehead atoms. The molecule has 1 amide bonds. The van der Waals surface area contributed by atoms with Crippen molar-refractivity contribution < 1.29 is 9.18 Å². The highest BCUT2D eigenvalue weighted by Gasteiger charge is 2.17. The molecule has 1 atom stereocenters. The second kappa shape index (κ2) is 8.75. The van der Waals surface area contributed by atoms with E-state index in [1.54, 1.807) is 35.4 Å². The molecule has 1 N–H and O–H groups in total. The summed E-state index contributed by atoms with van der Waals surface area (Å²) in [6.45, 7) is 4.77. The van der Waals surface area contributed by atoms with Crippen LogP contribution in [-0.2, 0) is 11.3 Å². The van der Waals surface area contributed by atoms with Crippen LogP contribution < -0.4 is 5.32 Å². The zero-order valence-electron chi connectivity index (χ0n) is 16.3.